The lowest BCUT2D eigenvalue weighted by molar-refractivity contribution is -0.118. The Balaban J connectivity index is 1.77. The largest absolute Gasteiger partial charge is 0.497 e. The Morgan fingerprint density at radius 3 is 2.43 bits per heavy atom. The van der Waals surface area contributed by atoms with Crippen LogP contribution in [-0.4, -0.2) is 47.5 Å². The number of aromatic nitrogens is 2. The molecule has 2 aromatic carbocycles. The first-order valence-corrected chi connectivity index (χ1v) is 11.2. The predicted molar refractivity (Wildman–Crippen MR) is 125 cm³/mol. The van der Waals surface area contributed by atoms with Gasteiger partial charge in [0, 0.05) is 40.7 Å². The minimum Gasteiger partial charge on any atom is -0.497 e. The number of hydrogen-bond acceptors (Lipinski definition) is 5. The Hall–Kier alpha value is -3.93. The average molecular weight is 539 g/mol. The minimum atomic E-state index is -2.87. The first-order chi connectivity index (χ1) is 17.6. The number of anilines is 1. The van der Waals surface area contributed by atoms with E-state index in [0.717, 1.165) is 29.6 Å². The highest BCUT2D eigenvalue weighted by molar-refractivity contribution is 6.30. The monoisotopic (exact) mass is 538 g/mol. The third kappa shape index (κ3) is 5.29. The summed E-state index contributed by atoms with van der Waals surface area (Å²) < 4.78 is 61.3. The Morgan fingerprint density at radius 1 is 1.19 bits per heavy atom. The van der Waals surface area contributed by atoms with Crippen LogP contribution in [0.2, 0.25) is 5.02 Å². The molecule has 1 aliphatic heterocycles. The SMILES string of the molecule is COc1cc(F)c([C@@H]2CN(c3cncn(CC(F)F)c3=O)C(=O)[C@H]2NC(=O)c2ccc(Cl)cc2)c(F)c1. The highest BCUT2D eigenvalue weighted by Crippen LogP contribution is 2.35. The molecule has 1 fully saturated rings. The van der Waals surface area contributed by atoms with E-state index in [4.69, 9.17) is 16.3 Å². The number of carbonyl (C=O) groups excluding carboxylic acids is 2. The zero-order valence-corrected chi connectivity index (χ0v) is 19.9. The molecule has 0 radical (unpaired) electrons. The van der Waals surface area contributed by atoms with Crippen LogP contribution < -0.4 is 20.5 Å². The van der Waals surface area contributed by atoms with Crippen molar-refractivity contribution in [3.8, 4) is 5.75 Å². The molecule has 8 nitrogen and oxygen atoms in total. The molecule has 0 unspecified atom stereocenters. The maximum atomic E-state index is 15.0. The van der Waals surface area contributed by atoms with Gasteiger partial charge in [-0.15, -0.1) is 0 Å². The van der Waals surface area contributed by atoms with Gasteiger partial charge < -0.3 is 15.0 Å². The molecule has 2 amide bonds. The number of benzene rings is 2. The summed E-state index contributed by atoms with van der Waals surface area (Å²) in [5, 5.41) is 2.83. The molecule has 1 N–H and O–H groups in total. The number of hydrogen-bond donors (Lipinski definition) is 1. The van der Waals surface area contributed by atoms with Gasteiger partial charge >= 0.3 is 0 Å². The normalized spacial score (nSPS) is 17.4. The second-order valence-corrected chi connectivity index (χ2v) is 8.58. The van der Waals surface area contributed by atoms with Crippen LogP contribution in [0.1, 0.15) is 21.8 Å². The highest BCUT2D eigenvalue weighted by atomic mass is 35.5. The summed E-state index contributed by atoms with van der Waals surface area (Å²) >= 11 is 5.85. The predicted octanol–water partition coefficient (Wildman–Crippen LogP) is 3.38. The third-order valence-electron chi connectivity index (χ3n) is 5.87. The number of methoxy groups -OCH3 is 1. The minimum absolute atomic E-state index is 0.108. The van der Waals surface area contributed by atoms with E-state index < -0.39 is 66.0 Å². The first-order valence-electron chi connectivity index (χ1n) is 10.8. The Bertz CT molecular complexity index is 1380. The summed E-state index contributed by atoms with van der Waals surface area (Å²) in [4.78, 5) is 43.8. The van der Waals surface area contributed by atoms with E-state index in [1.807, 2.05) is 0 Å². The van der Waals surface area contributed by atoms with Crippen LogP contribution in [0.3, 0.4) is 0 Å². The molecule has 2 heterocycles. The Morgan fingerprint density at radius 2 is 1.84 bits per heavy atom. The number of alkyl halides is 2. The molecule has 0 spiro atoms. The number of halogens is 5. The van der Waals surface area contributed by atoms with Crippen LogP contribution in [-0.2, 0) is 11.3 Å². The lowest BCUT2D eigenvalue weighted by Gasteiger charge is -2.20. The van der Waals surface area contributed by atoms with Crippen molar-refractivity contribution in [1.82, 2.24) is 14.9 Å². The van der Waals surface area contributed by atoms with Crippen LogP contribution >= 0.6 is 11.6 Å². The standard InChI is InChI=1S/C24H19ClF4N4O4/c1-37-14-6-16(26)20(17(27)7-14)15-9-33(18-8-30-11-32(23(18)35)10-19(28)29)24(36)21(15)31-22(34)12-2-4-13(25)5-3-12/h2-8,11,15,19,21H,9-10H2,1H3,(H,31,34)/t15-,21-/m0/s1. The number of amides is 2. The van der Waals surface area contributed by atoms with Crippen molar-refractivity contribution in [2.24, 2.45) is 0 Å². The molecule has 194 valence electrons. The molecule has 1 aromatic heterocycles. The van der Waals surface area contributed by atoms with Crippen molar-refractivity contribution >= 4 is 29.1 Å². The second kappa shape index (κ2) is 10.6. The molecule has 0 aliphatic carbocycles. The third-order valence-corrected chi connectivity index (χ3v) is 6.13. The van der Waals surface area contributed by atoms with E-state index in [1.54, 1.807) is 0 Å². The lowest BCUT2D eigenvalue weighted by atomic mass is 9.92. The van der Waals surface area contributed by atoms with Gasteiger partial charge in [-0.2, -0.15) is 0 Å². The second-order valence-electron chi connectivity index (χ2n) is 8.15. The molecule has 0 saturated carbocycles. The van der Waals surface area contributed by atoms with Gasteiger partial charge in [-0.3, -0.25) is 19.0 Å². The summed E-state index contributed by atoms with van der Waals surface area (Å²) in [5.74, 6) is -5.10. The summed E-state index contributed by atoms with van der Waals surface area (Å²) in [6.07, 6.45) is -0.993. The van der Waals surface area contributed by atoms with Crippen LogP contribution in [0.4, 0.5) is 23.2 Å². The van der Waals surface area contributed by atoms with Crippen LogP contribution in [0, 0.1) is 11.6 Å². The number of carbonyl (C=O) groups is 2. The van der Waals surface area contributed by atoms with Gasteiger partial charge in [-0.05, 0) is 24.3 Å². The van der Waals surface area contributed by atoms with Crippen LogP contribution in [0.15, 0.2) is 53.7 Å². The molecule has 0 bridgehead atoms. The van der Waals surface area contributed by atoms with E-state index in [1.165, 1.54) is 31.4 Å². The molecular formula is C24H19ClF4N4O4. The van der Waals surface area contributed by atoms with E-state index in [2.05, 4.69) is 10.3 Å². The molecule has 3 aromatic rings. The van der Waals surface area contributed by atoms with E-state index in [-0.39, 0.29) is 17.0 Å². The van der Waals surface area contributed by atoms with Gasteiger partial charge in [0.25, 0.3) is 17.9 Å². The Labute approximate surface area is 212 Å². The van der Waals surface area contributed by atoms with Crippen molar-refractivity contribution in [2.75, 3.05) is 18.6 Å². The zero-order valence-electron chi connectivity index (χ0n) is 19.1. The molecule has 4 rings (SSSR count). The molecule has 13 heteroatoms. The van der Waals surface area contributed by atoms with Gasteiger partial charge in [0.15, 0.2) is 0 Å². The topological polar surface area (TPSA) is 93.5 Å². The molecule has 2 atom stereocenters. The van der Waals surface area contributed by atoms with E-state index >= 15 is 8.78 Å². The van der Waals surface area contributed by atoms with Gasteiger partial charge in [-0.1, -0.05) is 11.6 Å². The average Bonchev–Trinajstić information content (AvgIpc) is 3.15. The number of nitrogens with zero attached hydrogens (tertiary/aromatic N) is 3. The summed E-state index contributed by atoms with van der Waals surface area (Å²) in [7, 11) is 1.22. The van der Waals surface area contributed by atoms with Crippen molar-refractivity contribution < 1.29 is 31.9 Å². The smallest absolute Gasteiger partial charge is 0.277 e. The van der Waals surface area contributed by atoms with Gasteiger partial charge in [0.2, 0.25) is 5.91 Å². The first kappa shape index (κ1) is 26.1. The van der Waals surface area contributed by atoms with E-state index in [9.17, 15) is 23.2 Å². The van der Waals surface area contributed by atoms with Gasteiger partial charge in [0.1, 0.15) is 29.1 Å². The lowest BCUT2D eigenvalue weighted by Crippen LogP contribution is -2.44. The summed E-state index contributed by atoms with van der Waals surface area (Å²) in [6.45, 7) is -1.41. The summed E-state index contributed by atoms with van der Waals surface area (Å²) in [5.41, 5.74) is -1.74. The quantitative estimate of drug-likeness (QED) is 0.466. The molecule has 1 aliphatic rings. The number of nitrogens with one attached hydrogen (secondary N) is 1. The van der Waals surface area contributed by atoms with Crippen molar-refractivity contribution in [3.63, 3.8) is 0 Å². The summed E-state index contributed by atoms with van der Waals surface area (Å²) in [6, 6.07) is 6.00. The fourth-order valence-electron chi connectivity index (χ4n) is 4.13. The number of ether oxygens (including phenoxy) is 1. The maximum absolute atomic E-state index is 15.0. The van der Waals surface area contributed by atoms with Crippen molar-refractivity contribution in [1.29, 1.82) is 0 Å². The fourth-order valence-corrected chi connectivity index (χ4v) is 4.26. The van der Waals surface area contributed by atoms with Crippen molar-refractivity contribution in [2.45, 2.75) is 24.9 Å². The van der Waals surface area contributed by atoms with Crippen molar-refractivity contribution in [3.05, 3.63) is 87.1 Å². The maximum Gasteiger partial charge on any atom is 0.277 e. The van der Waals surface area contributed by atoms with E-state index in [0.29, 0.717) is 9.59 Å². The molecule has 1 saturated heterocycles. The highest BCUT2D eigenvalue weighted by Gasteiger charge is 2.46. The zero-order chi connectivity index (χ0) is 26.9. The number of rotatable bonds is 7. The molecule has 37 heavy (non-hydrogen) atoms. The van der Waals surface area contributed by atoms with Crippen LogP contribution in [0.5, 0.6) is 5.75 Å². The van der Waals surface area contributed by atoms with Gasteiger partial charge in [-0.25, -0.2) is 22.5 Å². The fraction of sp³-hybridized carbons (Fsp3) is 0.250. The molecular weight excluding hydrogens is 520 g/mol. The Kier molecular flexibility index (Phi) is 7.48. The van der Waals surface area contributed by atoms with Gasteiger partial charge in [0.05, 0.1) is 26.2 Å². The van der Waals surface area contributed by atoms with Crippen LogP contribution in [0.25, 0.3) is 0 Å².